The maximum absolute atomic E-state index is 11.5. The van der Waals surface area contributed by atoms with E-state index in [9.17, 15) is 9.90 Å². The van der Waals surface area contributed by atoms with Gasteiger partial charge in [-0.2, -0.15) is 0 Å². The molecule has 2 N–H and O–H groups in total. The van der Waals surface area contributed by atoms with E-state index in [4.69, 9.17) is 0 Å². The van der Waals surface area contributed by atoms with Gasteiger partial charge in [0.1, 0.15) is 0 Å². The Morgan fingerprint density at radius 3 is 2.58 bits per heavy atom. The maximum atomic E-state index is 11.5. The summed E-state index contributed by atoms with van der Waals surface area (Å²) in [6.45, 7) is 7.96. The number of H-pyrrole nitrogens is 1. The number of nitrogens with one attached hydrogen (secondary N) is 1. The Hall–Kier alpha value is -1.29. The largest absolute Gasteiger partial charge is 0.481 e. The van der Waals surface area contributed by atoms with E-state index in [1.165, 1.54) is 5.56 Å². The molecule has 0 aliphatic heterocycles. The van der Waals surface area contributed by atoms with Crippen LogP contribution in [-0.4, -0.2) is 16.1 Å². The van der Waals surface area contributed by atoms with Crippen molar-refractivity contribution < 1.29 is 9.90 Å². The van der Waals surface area contributed by atoms with Crippen molar-refractivity contribution in [2.24, 2.45) is 0 Å². The van der Waals surface area contributed by atoms with E-state index in [2.05, 4.69) is 33.9 Å². The molecule has 3 nitrogen and oxygen atoms in total. The number of carboxylic acid groups (broad SMARTS) is 1. The van der Waals surface area contributed by atoms with Crippen LogP contribution in [0.2, 0.25) is 0 Å². The van der Waals surface area contributed by atoms with Crippen LogP contribution in [0, 0.1) is 20.8 Å². The van der Waals surface area contributed by atoms with Gasteiger partial charge < -0.3 is 10.1 Å². The molecule has 1 atom stereocenters. The van der Waals surface area contributed by atoms with Gasteiger partial charge in [0.15, 0.2) is 0 Å². The SMILES string of the molecule is CCC(C(=O)O)c1c(C)[nH]c2c(Br)cc(C)c(C)c12. The standard InChI is InChI=1S/C15H18BrNO2/c1-5-10(15(18)19)13-9(4)17-14-11(16)6-7(2)8(3)12(13)14/h6,10,17H,5H2,1-4H3,(H,18,19). The number of aliphatic carboxylic acids is 1. The molecule has 1 aromatic heterocycles. The van der Waals surface area contributed by atoms with Crippen LogP contribution in [0.5, 0.6) is 0 Å². The van der Waals surface area contributed by atoms with E-state index in [1.807, 2.05) is 20.8 Å². The second kappa shape index (κ2) is 5.00. The Balaban J connectivity index is 2.88. The van der Waals surface area contributed by atoms with Gasteiger partial charge in [-0.15, -0.1) is 0 Å². The molecule has 1 heterocycles. The number of fused-ring (bicyclic) bond motifs is 1. The number of halogens is 1. The number of hydrogen-bond donors (Lipinski definition) is 2. The van der Waals surface area contributed by atoms with E-state index >= 15 is 0 Å². The lowest BCUT2D eigenvalue weighted by Crippen LogP contribution is -2.11. The minimum atomic E-state index is -0.761. The Bertz CT molecular complexity index is 658. The zero-order valence-corrected chi connectivity index (χ0v) is 13.2. The number of aromatic nitrogens is 1. The molecule has 0 saturated carbocycles. The number of hydrogen-bond acceptors (Lipinski definition) is 1. The summed E-state index contributed by atoms with van der Waals surface area (Å²) in [6, 6.07) is 2.07. The molecule has 1 aromatic carbocycles. The molecular weight excluding hydrogens is 306 g/mol. The number of carboxylic acids is 1. The molecule has 0 bridgehead atoms. The third-order valence-corrected chi connectivity index (χ3v) is 4.46. The topological polar surface area (TPSA) is 53.1 Å². The molecule has 19 heavy (non-hydrogen) atoms. The maximum Gasteiger partial charge on any atom is 0.311 e. The van der Waals surface area contributed by atoms with Gasteiger partial charge >= 0.3 is 5.97 Å². The first-order chi connectivity index (χ1) is 8.88. The van der Waals surface area contributed by atoms with Gasteiger partial charge in [0.2, 0.25) is 0 Å². The van der Waals surface area contributed by atoms with Crippen molar-refractivity contribution in [1.29, 1.82) is 0 Å². The van der Waals surface area contributed by atoms with E-state index in [-0.39, 0.29) is 0 Å². The van der Waals surface area contributed by atoms with Gasteiger partial charge in [-0.3, -0.25) is 4.79 Å². The van der Waals surface area contributed by atoms with Crippen LogP contribution in [0.3, 0.4) is 0 Å². The predicted octanol–water partition coefficient (Wildman–Crippen LogP) is 4.43. The summed E-state index contributed by atoms with van der Waals surface area (Å²) >= 11 is 3.56. The average Bonchev–Trinajstić information content (AvgIpc) is 2.66. The van der Waals surface area contributed by atoms with Crippen LogP contribution in [-0.2, 0) is 4.79 Å². The third-order valence-electron chi connectivity index (χ3n) is 3.84. The van der Waals surface area contributed by atoms with E-state index < -0.39 is 11.9 Å². The summed E-state index contributed by atoms with van der Waals surface area (Å²) in [6.07, 6.45) is 0.591. The van der Waals surface area contributed by atoms with E-state index in [0.29, 0.717) is 6.42 Å². The second-order valence-corrected chi connectivity index (χ2v) is 5.87. The van der Waals surface area contributed by atoms with Gasteiger partial charge in [-0.05, 0) is 65.9 Å². The summed E-state index contributed by atoms with van der Waals surface area (Å²) in [7, 11) is 0. The molecule has 0 fully saturated rings. The number of carbonyl (C=O) groups is 1. The van der Waals surface area contributed by atoms with Gasteiger partial charge in [0.25, 0.3) is 0 Å². The normalized spacial score (nSPS) is 12.9. The fourth-order valence-electron chi connectivity index (χ4n) is 2.71. The lowest BCUT2D eigenvalue weighted by molar-refractivity contribution is -0.138. The van der Waals surface area contributed by atoms with Crippen LogP contribution < -0.4 is 0 Å². The Morgan fingerprint density at radius 2 is 2.05 bits per heavy atom. The highest BCUT2D eigenvalue weighted by Crippen LogP contribution is 2.37. The predicted molar refractivity (Wildman–Crippen MR) is 80.9 cm³/mol. The molecule has 1 unspecified atom stereocenters. The van der Waals surface area contributed by atoms with Gasteiger partial charge in [-0.25, -0.2) is 0 Å². The molecule has 0 radical (unpaired) electrons. The zero-order valence-electron chi connectivity index (χ0n) is 11.6. The Morgan fingerprint density at radius 1 is 1.42 bits per heavy atom. The summed E-state index contributed by atoms with van der Waals surface area (Å²) < 4.78 is 0.986. The van der Waals surface area contributed by atoms with Crippen molar-refractivity contribution in [2.45, 2.75) is 40.0 Å². The Kier molecular flexibility index (Phi) is 3.72. The number of benzene rings is 1. The summed E-state index contributed by atoms with van der Waals surface area (Å²) in [4.78, 5) is 14.8. The Labute approximate surface area is 121 Å². The quantitative estimate of drug-likeness (QED) is 0.877. The van der Waals surface area contributed by atoms with Crippen LogP contribution in [0.4, 0.5) is 0 Å². The molecule has 0 aliphatic carbocycles. The molecule has 0 amide bonds. The second-order valence-electron chi connectivity index (χ2n) is 5.01. The van der Waals surface area contributed by atoms with Gasteiger partial charge in [-0.1, -0.05) is 6.92 Å². The molecule has 0 spiro atoms. The minimum Gasteiger partial charge on any atom is -0.481 e. The lowest BCUT2D eigenvalue weighted by atomic mass is 9.91. The number of rotatable bonds is 3. The lowest BCUT2D eigenvalue weighted by Gasteiger charge is -2.13. The highest BCUT2D eigenvalue weighted by atomic mass is 79.9. The number of aryl methyl sites for hydroxylation is 3. The minimum absolute atomic E-state index is 0.457. The van der Waals surface area contributed by atoms with Crippen molar-refractivity contribution in [2.75, 3.05) is 0 Å². The fraction of sp³-hybridized carbons (Fsp3) is 0.400. The van der Waals surface area contributed by atoms with Crippen LogP contribution >= 0.6 is 15.9 Å². The molecule has 2 aromatic rings. The van der Waals surface area contributed by atoms with Crippen molar-refractivity contribution in [3.63, 3.8) is 0 Å². The summed E-state index contributed by atoms with van der Waals surface area (Å²) in [5.41, 5.74) is 5.18. The zero-order chi connectivity index (χ0) is 14.3. The first-order valence-corrected chi connectivity index (χ1v) is 7.18. The van der Waals surface area contributed by atoms with Gasteiger partial charge in [0, 0.05) is 15.6 Å². The molecular formula is C15H18BrNO2. The highest BCUT2D eigenvalue weighted by Gasteiger charge is 2.25. The van der Waals surface area contributed by atoms with E-state index in [0.717, 1.165) is 32.2 Å². The monoisotopic (exact) mass is 323 g/mol. The molecule has 0 saturated heterocycles. The summed E-state index contributed by atoms with van der Waals surface area (Å²) in [5, 5.41) is 10.5. The van der Waals surface area contributed by atoms with Crippen molar-refractivity contribution in [1.82, 2.24) is 4.98 Å². The van der Waals surface area contributed by atoms with Gasteiger partial charge in [0.05, 0.1) is 11.4 Å². The molecule has 102 valence electrons. The molecule has 0 aliphatic rings. The molecule has 2 rings (SSSR count). The number of aromatic amines is 1. The fourth-order valence-corrected chi connectivity index (χ4v) is 3.35. The van der Waals surface area contributed by atoms with Crippen LogP contribution in [0.25, 0.3) is 10.9 Å². The average molecular weight is 324 g/mol. The van der Waals surface area contributed by atoms with Crippen molar-refractivity contribution in [3.8, 4) is 0 Å². The summed E-state index contributed by atoms with van der Waals surface area (Å²) in [5.74, 6) is -1.22. The highest BCUT2D eigenvalue weighted by molar-refractivity contribution is 9.10. The third kappa shape index (κ3) is 2.18. The van der Waals surface area contributed by atoms with E-state index in [1.54, 1.807) is 0 Å². The molecule has 4 heteroatoms. The van der Waals surface area contributed by atoms with Crippen molar-refractivity contribution in [3.05, 3.63) is 32.9 Å². The smallest absolute Gasteiger partial charge is 0.311 e. The van der Waals surface area contributed by atoms with Crippen LogP contribution in [0.15, 0.2) is 10.5 Å². The van der Waals surface area contributed by atoms with Crippen LogP contribution in [0.1, 0.15) is 41.6 Å². The van der Waals surface area contributed by atoms with Crippen molar-refractivity contribution >= 4 is 32.8 Å². The first-order valence-electron chi connectivity index (χ1n) is 6.39. The first kappa shape index (κ1) is 14.1.